The summed E-state index contributed by atoms with van der Waals surface area (Å²) in [7, 11) is 0. The topological polar surface area (TPSA) is 66.0 Å². The number of H-pyrrole nitrogens is 1. The zero-order valence-electron chi connectivity index (χ0n) is 9.64. The number of aromatic amines is 1. The van der Waals surface area contributed by atoms with Gasteiger partial charge in [-0.15, -0.1) is 0 Å². The van der Waals surface area contributed by atoms with Gasteiger partial charge in [0.05, 0.1) is 5.69 Å². The number of benzene rings is 1. The standard InChI is InChI=1S/C13H11BrN2O2/c1-8-13(9-3-2-4-10(14)7-9)16-11(15-8)5-6-12(17)18/h2-7H,1H3,(H,15,16)(H,17,18)/b6-5+. The molecule has 1 aromatic heterocycles. The van der Waals surface area contributed by atoms with Gasteiger partial charge in [-0.05, 0) is 25.1 Å². The van der Waals surface area contributed by atoms with Crippen LogP contribution in [0.3, 0.4) is 0 Å². The van der Waals surface area contributed by atoms with Crippen molar-refractivity contribution in [2.75, 3.05) is 0 Å². The molecule has 0 radical (unpaired) electrons. The summed E-state index contributed by atoms with van der Waals surface area (Å²) in [6, 6.07) is 7.80. The van der Waals surface area contributed by atoms with Gasteiger partial charge in [0, 0.05) is 21.8 Å². The van der Waals surface area contributed by atoms with Gasteiger partial charge in [-0.25, -0.2) is 9.78 Å². The minimum Gasteiger partial charge on any atom is -0.478 e. The quantitative estimate of drug-likeness (QED) is 0.856. The van der Waals surface area contributed by atoms with Crippen molar-refractivity contribution >= 4 is 28.0 Å². The molecule has 0 bridgehead atoms. The molecule has 18 heavy (non-hydrogen) atoms. The molecule has 0 aliphatic heterocycles. The molecule has 1 heterocycles. The number of hydrogen-bond acceptors (Lipinski definition) is 2. The van der Waals surface area contributed by atoms with Gasteiger partial charge in [0.2, 0.25) is 0 Å². The van der Waals surface area contributed by atoms with Crippen molar-refractivity contribution in [1.29, 1.82) is 0 Å². The van der Waals surface area contributed by atoms with Crippen LogP contribution in [0.2, 0.25) is 0 Å². The van der Waals surface area contributed by atoms with Gasteiger partial charge in [0.1, 0.15) is 5.82 Å². The Labute approximate surface area is 113 Å². The lowest BCUT2D eigenvalue weighted by Crippen LogP contribution is -1.86. The van der Waals surface area contributed by atoms with Crippen LogP contribution in [0.15, 0.2) is 34.8 Å². The van der Waals surface area contributed by atoms with E-state index in [9.17, 15) is 4.79 Å². The average Bonchev–Trinajstić information content (AvgIpc) is 2.68. The van der Waals surface area contributed by atoms with Crippen molar-refractivity contribution in [2.24, 2.45) is 0 Å². The van der Waals surface area contributed by atoms with E-state index >= 15 is 0 Å². The van der Waals surface area contributed by atoms with E-state index in [0.717, 1.165) is 27.5 Å². The van der Waals surface area contributed by atoms with Gasteiger partial charge in [0.15, 0.2) is 0 Å². The SMILES string of the molecule is Cc1[nH]c(/C=C/C(=O)O)nc1-c1cccc(Br)c1. The van der Waals surface area contributed by atoms with Crippen LogP contribution in [0.4, 0.5) is 0 Å². The number of rotatable bonds is 3. The van der Waals surface area contributed by atoms with Crippen molar-refractivity contribution in [1.82, 2.24) is 9.97 Å². The van der Waals surface area contributed by atoms with E-state index in [-0.39, 0.29) is 0 Å². The third kappa shape index (κ3) is 2.87. The first-order chi connectivity index (χ1) is 8.56. The highest BCUT2D eigenvalue weighted by atomic mass is 79.9. The first kappa shape index (κ1) is 12.6. The summed E-state index contributed by atoms with van der Waals surface area (Å²) < 4.78 is 0.977. The van der Waals surface area contributed by atoms with Crippen molar-refractivity contribution in [3.8, 4) is 11.3 Å². The molecule has 0 aliphatic rings. The Morgan fingerprint density at radius 2 is 2.28 bits per heavy atom. The van der Waals surface area contributed by atoms with Crippen molar-refractivity contribution in [2.45, 2.75) is 6.92 Å². The number of carboxylic acid groups (broad SMARTS) is 1. The zero-order chi connectivity index (χ0) is 13.1. The summed E-state index contributed by atoms with van der Waals surface area (Å²) in [5.74, 6) is -0.460. The van der Waals surface area contributed by atoms with Crippen LogP contribution >= 0.6 is 15.9 Å². The molecular weight excluding hydrogens is 296 g/mol. The largest absolute Gasteiger partial charge is 0.478 e. The van der Waals surface area contributed by atoms with E-state index in [1.54, 1.807) is 0 Å². The Balaban J connectivity index is 2.38. The van der Waals surface area contributed by atoms with E-state index in [1.165, 1.54) is 6.08 Å². The molecule has 0 saturated carbocycles. The molecule has 0 aliphatic carbocycles. The molecular formula is C13H11BrN2O2. The Morgan fingerprint density at radius 1 is 1.50 bits per heavy atom. The van der Waals surface area contributed by atoms with Crippen LogP contribution in [0.1, 0.15) is 11.5 Å². The fraction of sp³-hybridized carbons (Fsp3) is 0.0769. The smallest absolute Gasteiger partial charge is 0.328 e. The highest BCUT2D eigenvalue weighted by Crippen LogP contribution is 2.24. The molecule has 0 fully saturated rings. The maximum Gasteiger partial charge on any atom is 0.328 e. The zero-order valence-corrected chi connectivity index (χ0v) is 11.2. The number of nitrogens with one attached hydrogen (secondary N) is 1. The van der Waals surface area contributed by atoms with Crippen LogP contribution in [0.25, 0.3) is 17.3 Å². The monoisotopic (exact) mass is 306 g/mol. The highest BCUT2D eigenvalue weighted by Gasteiger charge is 2.07. The first-order valence-corrected chi connectivity index (χ1v) is 6.09. The molecule has 2 aromatic rings. The predicted molar refractivity (Wildman–Crippen MR) is 73.1 cm³/mol. The Bertz CT molecular complexity index is 617. The number of aromatic nitrogens is 2. The number of imidazole rings is 1. The molecule has 0 saturated heterocycles. The van der Waals surface area contributed by atoms with Gasteiger partial charge in [-0.2, -0.15) is 0 Å². The second-order valence-electron chi connectivity index (χ2n) is 3.78. The molecule has 92 valence electrons. The second kappa shape index (κ2) is 5.18. The molecule has 5 heteroatoms. The summed E-state index contributed by atoms with van der Waals surface area (Å²) in [5.41, 5.74) is 2.70. The van der Waals surface area contributed by atoms with Gasteiger partial charge in [-0.1, -0.05) is 28.1 Å². The highest BCUT2D eigenvalue weighted by molar-refractivity contribution is 9.10. The van der Waals surface area contributed by atoms with Crippen LogP contribution in [0.5, 0.6) is 0 Å². The summed E-state index contributed by atoms with van der Waals surface area (Å²) in [5, 5.41) is 8.57. The lowest BCUT2D eigenvalue weighted by Gasteiger charge is -1.98. The number of hydrogen-bond donors (Lipinski definition) is 2. The first-order valence-electron chi connectivity index (χ1n) is 5.30. The minimum absolute atomic E-state index is 0.532. The average molecular weight is 307 g/mol. The molecule has 1 aromatic carbocycles. The number of nitrogens with zero attached hydrogens (tertiary/aromatic N) is 1. The van der Waals surface area contributed by atoms with Crippen molar-refractivity contribution < 1.29 is 9.90 Å². The van der Waals surface area contributed by atoms with E-state index in [4.69, 9.17) is 5.11 Å². The van der Waals surface area contributed by atoms with E-state index in [0.29, 0.717) is 5.82 Å². The molecule has 0 unspecified atom stereocenters. The van der Waals surface area contributed by atoms with Crippen molar-refractivity contribution in [3.05, 3.63) is 46.3 Å². The van der Waals surface area contributed by atoms with Crippen LogP contribution < -0.4 is 0 Å². The summed E-state index contributed by atoms with van der Waals surface area (Å²) >= 11 is 3.41. The molecule has 0 atom stereocenters. The number of aliphatic carboxylic acids is 1. The molecule has 2 rings (SSSR count). The lowest BCUT2D eigenvalue weighted by atomic mass is 10.1. The van der Waals surface area contributed by atoms with Crippen LogP contribution in [0, 0.1) is 6.92 Å². The number of carbonyl (C=O) groups is 1. The molecule has 0 spiro atoms. The third-order valence-corrected chi connectivity index (χ3v) is 2.88. The summed E-state index contributed by atoms with van der Waals surface area (Å²) in [4.78, 5) is 17.9. The Morgan fingerprint density at radius 3 is 2.94 bits per heavy atom. The molecule has 0 amide bonds. The summed E-state index contributed by atoms with van der Waals surface area (Å²) in [6.07, 6.45) is 2.50. The van der Waals surface area contributed by atoms with Gasteiger partial charge < -0.3 is 10.1 Å². The second-order valence-corrected chi connectivity index (χ2v) is 4.69. The normalized spacial score (nSPS) is 11.0. The van der Waals surface area contributed by atoms with Gasteiger partial charge in [0.25, 0.3) is 0 Å². The van der Waals surface area contributed by atoms with E-state index in [2.05, 4.69) is 25.9 Å². The van der Waals surface area contributed by atoms with Crippen LogP contribution in [-0.4, -0.2) is 21.0 Å². The number of carboxylic acids is 1. The van der Waals surface area contributed by atoms with Crippen molar-refractivity contribution in [3.63, 3.8) is 0 Å². The lowest BCUT2D eigenvalue weighted by molar-refractivity contribution is -0.131. The predicted octanol–water partition coefficient (Wildman–Crippen LogP) is 3.25. The van der Waals surface area contributed by atoms with E-state index in [1.807, 2.05) is 31.2 Å². The van der Waals surface area contributed by atoms with Gasteiger partial charge in [-0.3, -0.25) is 0 Å². The van der Waals surface area contributed by atoms with E-state index < -0.39 is 5.97 Å². The number of halogens is 1. The maximum absolute atomic E-state index is 10.4. The Kier molecular flexibility index (Phi) is 3.62. The molecule has 2 N–H and O–H groups in total. The van der Waals surface area contributed by atoms with Gasteiger partial charge >= 0.3 is 5.97 Å². The fourth-order valence-electron chi connectivity index (χ4n) is 1.63. The minimum atomic E-state index is -0.993. The summed E-state index contributed by atoms with van der Waals surface area (Å²) in [6.45, 7) is 1.90. The third-order valence-electron chi connectivity index (χ3n) is 2.38. The Hall–Kier alpha value is -1.88. The number of aryl methyl sites for hydroxylation is 1. The maximum atomic E-state index is 10.4. The fourth-order valence-corrected chi connectivity index (χ4v) is 2.03. The molecule has 4 nitrogen and oxygen atoms in total. The van der Waals surface area contributed by atoms with Crippen LogP contribution in [-0.2, 0) is 4.79 Å².